The van der Waals surface area contributed by atoms with Crippen LogP contribution in [0.5, 0.6) is 0 Å². The average Bonchev–Trinajstić information content (AvgIpc) is 2.68. The van der Waals surface area contributed by atoms with Crippen LogP contribution in [0.2, 0.25) is 0 Å². The summed E-state index contributed by atoms with van der Waals surface area (Å²) in [5, 5.41) is 3.04. The van der Waals surface area contributed by atoms with E-state index < -0.39 is 5.97 Å². The van der Waals surface area contributed by atoms with Gasteiger partial charge in [0.1, 0.15) is 0 Å². The van der Waals surface area contributed by atoms with Crippen molar-refractivity contribution >= 4 is 28.5 Å². The van der Waals surface area contributed by atoms with Crippen molar-refractivity contribution in [1.29, 1.82) is 0 Å². The highest BCUT2D eigenvalue weighted by molar-refractivity contribution is 6.00. The van der Waals surface area contributed by atoms with E-state index in [1.165, 1.54) is 12.7 Å². The van der Waals surface area contributed by atoms with E-state index in [-0.39, 0.29) is 28.1 Å². The van der Waals surface area contributed by atoms with Crippen molar-refractivity contribution in [2.45, 2.75) is 19.3 Å². The molecule has 6 nitrogen and oxygen atoms in total. The van der Waals surface area contributed by atoms with Crippen LogP contribution in [-0.4, -0.2) is 19.0 Å². The number of anilines is 1. The smallest absolute Gasteiger partial charge is 0.374 e. The maximum absolute atomic E-state index is 12.3. The number of carbonyl (C=O) groups excluding carboxylic acids is 2. The predicted octanol–water partition coefficient (Wildman–Crippen LogP) is 3.54. The zero-order chi connectivity index (χ0) is 19.2. The number of hydrogen-bond acceptors (Lipinski definition) is 5. The van der Waals surface area contributed by atoms with Crippen LogP contribution >= 0.6 is 0 Å². The molecule has 0 aliphatic rings. The zero-order valence-corrected chi connectivity index (χ0v) is 14.9. The van der Waals surface area contributed by atoms with Crippen LogP contribution in [0.25, 0.3) is 11.0 Å². The van der Waals surface area contributed by atoms with Crippen molar-refractivity contribution in [3.8, 4) is 0 Å². The second-order valence-corrected chi connectivity index (χ2v) is 6.04. The molecule has 138 valence electrons. The number of rotatable bonds is 6. The van der Waals surface area contributed by atoms with Crippen molar-refractivity contribution in [3.05, 3.63) is 76.1 Å². The van der Waals surface area contributed by atoms with Gasteiger partial charge in [-0.3, -0.25) is 9.59 Å². The average molecular weight is 365 g/mol. The highest BCUT2D eigenvalue weighted by Gasteiger charge is 2.15. The molecule has 0 spiro atoms. The molecule has 1 N–H and O–H groups in total. The summed E-state index contributed by atoms with van der Waals surface area (Å²) in [7, 11) is 1.20. The van der Waals surface area contributed by atoms with E-state index in [1.807, 2.05) is 30.3 Å². The lowest BCUT2D eigenvalue weighted by Gasteiger charge is -2.09. The third-order valence-electron chi connectivity index (χ3n) is 4.13. The number of aryl methyl sites for hydroxylation is 1. The number of para-hydroxylation sites is 1. The molecule has 0 bridgehead atoms. The van der Waals surface area contributed by atoms with Crippen molar-refractivity contribution in [2.75, 3.05) is 12.4 Å². The monoisotopic (exact) mass is 365 g/mol. The Morgan fingerprint density at radius 1 is 1.07 bits per heavy atom. The van der Waals surface area contributed by atoms with Gasteiger partial charge in [0.15, 0.2) is 11.0 Å². The Morgan fingerprint density at radius 2 is 1.85 bits per heavy atom. The van der Waals surface area contributed by atoms with Crippen molar-refractivity contribution in [1.82, 2.24) is 0 Å². The molecule has 0 atom stereocenters. The van der Waals surface area contributed by atoms with E-state index in [0.717, 1.165) is 12.5 Å². The first-order valence-electron chi connectivity index (χ1n) is 8.57. The number of ether oxygens (including phenoxy) is 1. The van der Waals surface area contributed by atoms with E-state index in [2.05, 4.69) is 10.1 Å². The number of fused-ring (bicyclic) bond motifs is 1. The van der Waals surface area contributed by atoms with Crippen LogP contribution in [0.3, 0.4) is 0 Å². The summed E-state index contributed by atoms with van der Waals surface area (Å²) in [6.07, 6.45) is 1.82. The predicted molar refractivity (Wildman–Crippen MR) is 102 cm³/mol. The lowest BCUT2D eigenvalue weighted by atomic mass is 10.1. The first kappa shape index (κ1) is 18.4. The molecular formula is C21H19NO5. The fraction of sp³-hybridized carbons (Fsp3) is 0.190. The number of esters is 1. The highest BCUT2D eigenvalue weighted by Crippen LogP contribution is 2.23. The molecule has 1 amide bonds. The van der Waals surface area contributed by atoms with Gasteiger partial charge in [0.2, 0.25) is 11.7 Å². The molecule has 0 fully saturated rings. The van der Waals surface area contributed by atoms with E-state index in [4.69, 9.17) is 4.42 Å². The topological polar surface area (TPSA) is 85.6 Å². The van der Waals surface area contributed by atoms with Crippen LogP contribution in [0.4, 0.5) is 5.69 Å². The number of benzene rings is 2. The number of nitrogens with one attached hydrogen (secondary N) is 1. The number of methoxy groups -OCH3 is 1. The molecule has 1 heterocycles. The van der Waals surface area contributed by atoms with Gasteiger partial charge in [-0.05, 0) is 30.5 Å². The third kappa shape index (κ3) is 4.41. The number of carbonyl (C=O) groups is 2. The summed E-state index contributed by atoms with van der Waals surface area (Å²) in [5.41, 5.74) is 1.29. The van der Waals surface area contributed by atoms with Gasteiger partial charge in [0.05, 0.1) is 18.2 Å². The number of amides is 1. The molecule has 0 aliphatic heterocycles. The summed E-state index contributed by atoms with van der Waals surface area (Å²) < 4.78 is 10.1. The van der Waals surface area contributed by atoms with Crippen LogP contribution in [0, 0.1) is 0 Å². The molecular weight excluding hydrogens is 346 g/mol. The largest absolute Gasteiger partial charge is 0.463 e. The maximum Gasteiger partial charge on any atom is 0.374 e. The summed E-state index contributed by atoms with van der Waals surface area (Å²) in [5.74, 6) is -1.15. The first-order valence-corrected chi connectivity index (χ1v) is 8.57. The van der Waals surface area contributed by atoms with E-state index in [9.17, 15) is 14.4 Å². The lowest BCUT2D eigenvalue weighted by Crippen LogP contribution is -2.13. The van der Waals surface area contributed by atoms with Gasteiger partial charge in [-0.25, -0.2) is 4.79 Å². The van der Waals surface area contributed by atoms with E-state index >= 15 is 0 Å². The second kappa shape index (κ2) is 8.31. The van der Waals surface area contributed by atoms with Crippen LogP contribution in [0.15, 0.2) is 63.8 Å². The fourth-order valence-corrected chi connectivity index (χ4v) is 2.79. The van der Waals surface area contributed by atoms with Gasteiger partial charge < -0.3 is 14.5 Å². The maximum atomic E-state index is 12.3. The standard InChI is InChI=1S/C21H19NO5/c1-26-21(25)18-13-17(23)15-10-6-11-16(20(15)27-18)22-19(24)12-5-9-14-7-3-2-4-8-14/h2-4,6-8,10-11,13H,5,9,12H2,1H3,(H,22,24). The first-order chi connectivity index (χ1) is 13.1. The minimum atomic E-state index is -0.752. The van der Waals surface area contributed by atoms with E-state index in [0.29, 0.717) is 18.5 Å². The molecule has 0 unspecified atom stereocenters. The summed E-state index contributed by atoms with van der Waals surface area (Å²) >= 11 is 0. The molecule has 0 aliphatic carbocycles. The van der Waals surface area contributed by atoms with Gasteiger partial charge in [-0.1, -0.05) is 36.4 Å². The van der Waals surface area contributed by atoms with Crippen LogP contribution < -0.4 is 10.7 Å². The fourth-order valence-electron chi connectivity index (χ4n) is 2.79. The molecule has 6 heteroatoms. The highest BCUT2D eigenvalue weighted by atomic mass is 16.5. The molecule has 0 saturated carbocycles. The van der Waals surface area contributed by atoms with Crippen LogP contribution in [0.1, 0.15) is 29.0 Å². The third-order valence-corrected chi connectivity index (χ3v) is 4.13. The van der Waals surface area contributed by atoms with Gasteiger partial charge in [0, 0.05) is 12.5 Å². The van der Waals surface area contributed by atoms with Gasteiger partial charge in [-0.15, -0.1) is 0 Å². The van der Waals surface area contributed by atoms with Crippen LogP contribution in [-0.2, 0) is 16.0 Å². The Morgan fingerprint density at radius 3 is 2.59 bits per heavy atom. The van der Waals surface area contributed by atoms with Crippen molar-refractivity contribution < 1.29 is 18.7 Å². The minimum Gasteiger partial charge on any atom is -0.463 e. The van der Waals surface area contributed by atoms with E-state index in [1.54, 1.807) is 18.2 Å². The molecule has 0 saturated heterocycles. The van der Waals surface area contributed by atoms with Gasteiger partial charge >= 0.3 is 5.97 Å². The Kier molecular flexibility index (Phi) is 5.66. The summed E-state index contributed by atoms with van der Waals surface area (Å²) in [6.45, 7) is 0. The van der Waals surface area contributed by atoms with Gasteiger partial charge in [0.25, 0.3) is 0 Å². The number of hydrogen-bond donors (Lipinski definition) is 1. The molecule has 3 aromatic rings. The second-order valence-electron chi connectivity index (χ2n) is 6.04. The lowest BCUT2D eigenvalue weighted by molar-refractivity contribution is -0.116. The van der Waals surface area contributed by atoms with Crippen molar-refractivity contribution in [2.24, 2.45) is 0 Å². The van der Waals surface area contributed by atoms with Crippen molar-refractivity contribution in [3.63, 3.8) is 0 Å². The molecule has 27 heavy (non-hydrogen) atoms. The molecule has 1 aromatic heterocycles. The zero-order valence-electron chi connectivity index (χ0n) is 14.9. The molecule has 2 aromatic carbocycles. The summed E-state index contributed by atoms with van der Waals surface area (Å²) in [4.78, 5) is 36.2. The minimum absolute atomic E-state index is 0.154. The SMILES string of the molecule is COC(=O)c1cc(=O)c2cccc(NC(=O)CCCc3ccccc3)c2o1. The Bertz CT molecular complexity index is 1020. The normalized spacial score (nSPS) is 10.6. The molecule has 3 rings (SSSR count). The van der Waals surface area contributed by atoms with Gasteiger partial charge in [-0.2, -0.15) is 0 Å². The summed E-state index contributed by atoms with van der Waals surface area (Å²) in [6, 6.07) is 15.9. The Hall–Kier alpha value is -3.41. The quantitative estimate of drug-likeness (QED) is 0.675. The molecule has 0 radical (unpaired) electrons. The Labute approximate surface area is 155 Å². The Balaban J connectivity index is 1.75.